The third-order valence-electron chi connectivity index (χ3n) is 2.81. The average Bonchev–Trinajstić information content (AvgIpc) is 2.27. The average molecular weight is 301 g/mol. The van der Waals surface area contributed by atoms with Crippen molar-refractivity contribution in [2.24, 2.45) is 0 Å². The molecule has 1 aromatic heterocycles. The van der Waals surface area contributed by atoms with Crippen molar-refractivity contribution in [1.29, 1.82) is 0 Å². The largest absolute Gasteiger partial charge is 0.392 e. The van der Waals surface area contributed by atoms with Crippen LogP contribution in [0.15, 0.2) is 16.7 Å². The Balaban J connectivity index is 2.27. The summed E-state index contributed by atoms with van der Waals surface area (Å²) in [6, 6.07) is 1.91. The van der Waals surface area contributed by atoms with Crippen LogP contribution in [0.5, 0.6) is 0 Å². The Morgan fingerprint density at radius 1 is 1.59 bits per heavy atom. The number of nitrogens with zero attached hydrogens (tertiary/aromatic N) is 2. The van der Waals surface area contributed by atoms with Crippen LogP contribution in [0.4, 0.5) is 5.82 Å². The Bertz CT molecular complexity index is 409. The molecule has 1 aliphatic heterocycles. The minimum absolute atomic E-state index is 0.000437. The maximum atomic E-state index is 9.38. The van der Waals surface area contributed by atoms with Crippen LogP contribution in [-0.4, -0.2) is 35.4 Å². The maximum Gasteiger partial charge on any atom is 0.134 e. The molecular formula is C12H17BrN2O2. The van der Waals surface area contributed by atoms with Gasteiger partial charge in [0.05, 0.1) is 18.8 Å². The van der Waals surface area contributed by atoms with Gasteiger partial charge in [0.2, 0.25) is 0 Å². The third-order valence-corrected chi connectivity index (χ3v) is 3.24. The number of aliphatic hydroxyl groups excluding tert-OH is 1. The molecule has 5 heteroatoms. The van der Waals surface area contributed by atoms with Crippen LogP contribution in [0.25, 0.3) is 0 Å². The first-order valence-electron chi connectivity index (χ1n) is 5.66. The number of aliphatic hydroxyl groups is 1. The normalized spacial score (nSPS) is 19.4. The van der Waals surface area contributed by atoms with Crippen LogP contribution in [0, 0.1) is 0 Å². The van der Waals surface area contributed by atoms with Gasteiger partial charge >= 0.3 is 0 Å². The van der Waals surface area contributed by atoms with Crippen LogP contribution < -0.4 is 4.90 Å². The summed E-state index contributed by atoms with van der Waals surface area (Å²) < 4.78 is 6.56. The molecular weight excluding hydrogens is 284 g/mol. The molecule has 0 spiro atoms. The van der Waals surface area contributed by atoms with Crippen molar-refractivity contribution in [3.8, 4) is 0 Å². The molecule has 1 aromatic rings. The summed E-state index contributed by atoms with van der Waals surface area (Å²) in [4.78, 5) is 6.57. The van der Waals surface area contributed by atoms with Gasteiger partial charge < -0.3 is 14.7 Å². The first kappa shape index (κ1) is 12.8. The highest BCUT2D eigenvalue weighted by molar-refractivity contribution is 9.10. The van der Waals surface area contributed by atoms with Gasteiger partial charge in [0, 0.05) is 29.3 Å². The van der Waals surface area contributed by atoms with Gasteiger partial charge in [-0.2, -0.15) is 0 Å². The molecule has 0 atom stereocenters. The Kier molecular flexibility index (Phi) is 3.70. The minimum Gasteiger partial charge on any atom is -0.392 e. The number of pyridine rings is 1. The van der Waals surface area contributed by atoms with E-state index >= 15 is 0 Å². The molecule has 1 fully saturated rings. The van der Waals surface area contributed by atoms with Crippen LogP contribution in [-0.2, 0) is 11.3 Å². The summed E-state index contributed by atoms with van der Waals surface area (Å²) in [5, 5.41) is 9.38. The SMILES string of the molecule is CC1(C)CN(c2ncc(Br)cc2CO)CCO1. The lowest BCUT2D eigenvalue weighted by Crippen LogP contribution is -2.49. The Morgan fingerprint density at radius 3 is 3.00 bits per heavy atom. The minimum atomic E-state index is -0.167. The Morgan fingerprint density at radius 2 is 2.35 bits per heavy atom. The van der Waals surface area contributed by atoms with Gasteiger partial charge in [0.1, 0.15) is 5.82 Å². The molecule has 1 N–H and O–H groups in total. The smallest absolute Gasteiger partial charge is 0.134 e. The van der Waals surface area contributed by atoms with E-state index in [1.807, 2.05) is 6.07 Å². The zero-order chi connectivity index (χ0) is 12.5. The zero-order valence-electron chi connectivity index (χ0n) is 10.1. The van der Waals surface area contributed by atoms with E-state index in [2.05, 4.69) is 39.7 Å². The number of halogens is 1. The number of ether oxygens (including phenoxy) is 1. The van der Waals surface area contributed by atoms with Gasteiger partial charge in [-0.1, -0.05) is 0 Å². The third kappa shape index (κ3) is 2.97. The van der Waals surface area contributed by atoms with Crippen molar-refractivity contribution in [2.45, 2.75) is 26.1 Å². The van der Waals surface area contributed by atoms with Gasteiger partial charge in [-0.25, -0.2) is 4.98 Å². The summed E-state index contributed by atoms with van der Waals surface area (Å²) >= 11 is 3.37. The lowest BCUT2D eigenvalue weighted by molar-refractivity contribution is -0.0280. The molecule has 2 heterocycles. The summed E-state index contributed by atoms with van der Waals surface area (Å²) in [6.45, 7) is 6.42. The van der Waals surface area contributed by atoms with Crippen molar-refractivity contribution in [3.05, 3.63) is 22.3 Å². The second-order valence-electron chi connectivity index (χ2n) is 4.82. The van der Waals surface area contributed by atoms with E-state index in [0.717, 1.165) is 28.9 Å². The molecule has 2 rings (SSSR count). The van der Waals surface area contributed by atoms with E-state index in [1.54, 1.807) is 6.20 Å². The van der Waals surface area contributed by atoms with Gasteiger partial charge in [0.25, 0.3) is 0 Å². The Hall–Kier alpha value is -0.650. The van der Waals surface area contributed by atoms with Gasteiger partial charge in [0.15, 0.2) is 0 Å². The molecule has 0 amide bonds. The first-order valence-corrected chi connectivity index (χ1v) is 6.45. The van der Waals surface area contributed by atoms with E-state index in [4.69, 9.17) is 4.74 Å². The summed E-state index contributed by atoms with van der Waals surface area (Å²) in [5.74, 6) is 0.854. The van der Waals surface area contributed by atoms with Crippen LogP contribution in [0.2, 0.25) is 0 Å². The van der Waals surface area contributed by atoms with Crippen molar-refractivity contribution in [2.75, 3.05) is 24.6 Å². The molecule has 0 aromatic carbocycles. The fraction of sp³-hybridized carbons (Fsp3) is 0.583. The lowest BCUT2D eigenvalue weighted by atomic mass is 10.1. The summed E-state index contributed by atoms with van der Waals surface area (Å²) in [7, 11) is 0. The maximum absolute atomic E-state index is 9.38. The number of hydrogen-bond acceptors (Lipinski definition) is 4. The molecule has 4 nitrogen and oxygen atoms in total. The fourth-order valence-electron chi connectivity index (χ4n) is 2.07. The van der Waals surface area contributed by atoms with E-state index in [1.165, 1.54) is 0 Å². The molecule has 1 aliphatic rings. The van der Waals surface area contributed by atoms with Crippen molar-refractivity contribution in [1.82, 2.24) is 4.98 Å². The number of rotatable bonds is 2. The predicted molar refractivity (Wildman–Crippen MR) is 70.1 cm³/mol. The second kappa shape index (κ2) is 4.92. The zero-order valence-corrected chi connectivity index (χ0v) is 11.7. The topological polar surface area (TPSA) is 45.6 Å². The molecule has 0 radical (unpaired) electrons. The molecule has 17 heavy (non-hydrogen) atoms. The van der Waals surface area contributed by atoms with Crippen molar-refractivity contribution < 1.29 is 9.84 Å². The fourth-order valence-corrected chi connectivity index (χ4v) is 2.45. The molecule has 94 valence electrons. The highest BCUT2D eigenvalue weighted by atomic mass is 79.9. The molecule has 0 saturated carbocycles. The van der Waals surface area contributed by atoms with E-state index in [9.17, 15) is 5.11 Å². The number of morpholine rings is 1. The summed E-state index contributed by atoms with van der Waals surface area (Å²) in [5.41, 5.74) is 0.678. The molecule has 0 aliphatic carbocycles. The van der Waals surface area contributed by atoms with Gasteiger partial charge in [-0.15, -0.1) is 0 Å². The quantitative estimate of drug-likeness (QED) is 0.907. The van der Waals surface area contributed by atoms with Crippen LogP contribution in [0.3, 0.4) is 0 Å². The summed E-state index contributed by atoms with van der Waals surface area (Å²) in [6.07, 6.45) is 1.76. The van der Waals surface area contributed by atoms with Crippen molar-refractivity contribution in [3.63, 3.8) is 0 Å². The van der Waals surface area contributed by atoms with E-state index in [-0.39, 0.29) is 12.2 Å². The Labute approximate surface area is 110 Å². The first-order chi connectivity index (χ1) is 8.02. The van der Waals surface area contributed by atoms with Crippen molar-refractivity contribution >= 4 is 21.7 Å². The number of aromatic nitrogens is 1. The second-order valence-corrected chi connectivity index (χ2v) is 5.74. The molecule has 0 unspecified atom stereocenters. The van der Waals surface area contributed by atoms with Crippen LogP contribution >= 0.6 is 15.9 Å². The molecule has 1 saturated heterocycles. The van der Waals surface area contributed by atoms with Gasteiger partial charge in [-0.3, -0.25) is 0 Å². The number of hydrogen-bond donors (Lipinski definition) is 1. The van der Waals surface area contributed by atoms with E-state index < -0.39 is 0 Å². The highest BCUT2D eigenvalue weighted by Gasteiger charge is 2.28. The van der Waals surface area contributed by atoms with E-state index in [0.29, 0.717) is 6.61 Å². The monoisotopic (exact) mass is 300 g/mol. The van der Waals surface area contributed by atoms with Crippen LogP contribution in [0.1, 0.15) is 19.4 Å². The molecule has 0 bridgehead atoms. The lowest BCUT2D eigenvalue weighted by Gasteiger charge is -2.39. The number of anilines is 1. The van der Waals surface area contributed by atoms with Gasteiger partial charge in [-0.05, 0) is 35.8 Å². The standard InChI is InChI=1S/C12H17BrN2O2/c1-12(2)8-15(3-4-17-12)11-9(7-16)5-10(13)6-14-11/h5-6,16H,3-4,7-8H2,1-2H3. The highest BCUT2D eigenvalue weighted by Crippen LogP contribution is 2.26. The predicted octanol–water partition coefficient (Wildman–Crippen LogP) is 1.95.